The highest BCUT2D eigenvalue weighted by Crippen LogP contribution is 2.29. The van der Waals surface area contributed by atoms with Crippen LogP contribution in [0.3, 0.4) is 0 Å². The number of para-hydroxylation sites is 1. The molecule has 16 heteroatoms. The lowest BCUT2D eigenvalue weighted by Gasteiger charge is -2.36. The van der Waals surface area contributed by atoms with Crippen LogP contribution in [0.2, 0.25) is 0 Å². The summed E-state index contributed by atoms with van der Waals surface area (Å²) in [5, 5.41) is 51.7. The Bertz CT molecular complexity index is 1450. The maximum atomic E-state index is 13.0. The first kappa shape index (κ1) is 42.3. The van der Waals surface area contributed by atoms with Crippen LogP contribution in [-0.2, 0) is 28.8 Å². The predicted molar refractivity (Wildman–Crippen MR) is 177 cm³/mol. The minimum atomic E-state index is -1.58. The molecule has 280 valence electrons. The number of carbonyl (C=O) groups excluding carboxylic acids is 6. The van der Waals surface area contributed by atoms with E-state index in [2.05, 4.69) is 10.6 Å². The first-order valence-corrected chi connectivity index (χ1v) is 16.5. The highest BCUT2D eigenvalue weighted by molar-refractivity contribution is 5.98. The van der Waals surface area contributed by atoms with Crippen LogP contribution in [-0.4, -0.2) is 128 Å². The number of ether oxygens (including phenoxy) is 1. The van der Waals surface area contributed by atoms with Gasteiger partial charge in [0.1, 0.15) is 18.1 Å². The molecule has 2 aromatic carbocycles. The lowest BCUT2D eigenvalue weighted by molar-refractivity contribution is -0.312. The van der Waals surface area contributed by atoms with Crippen LogP contribution < -0.4 is 35.8 Å². The summed E-state index contributed by atoms with van der Waals surface area (Å²) in [4.78, 5) is 74.0. The number of hydrogen-bond acceptors (Lipinski definition) is 15. The van der Waals surface area contributed by atoms with Crippen molar-refractivity contribution in [1.82, 2.24) is 20.0 Å². The third-order valence-electron chi connectivity index (χ3n) is 8.01. The lowest BCUT2D eigenvalue weighted by atomic mass is 10.0. The smallest absolute Gasteiger partial charge is 0.241 e. The summed E-state index contributed by atoms with van der Waals surface area (Å²) in [7, 11) is 1.67. The summed E-state index contributed by atoms with van der Waals surface area (Å²) in [5.41, 5.74) is 1.98. The summed E-state index contributed by atoms with van der Waals surface area (Å²) in [6, 6.07) is 12.4. The molecule has 0 saturated carbocycles. The third kappa shape index (κ3) is 16.1. The van der Waals surface area contributed by atoms with Gasteiger partial charge in [-0.2, -0.15) is 0 Å². The molecular formula is C35H45N5O11-4. The highest BCUT2D eigenvalue weighted by atomic mass is 16.5. The molecule has 0 saturated heterocycles. The van der Waals surface area contributed by atoms with Crippen molar-refractivity contribution in [2.75, 3.05) is 71.3 Å². The number of carboxylic acid groups (broad SMARTS) is 4. The number of carboxylic acids is 4. The fraction of sp³-hybridized carbons (Fsp3) is 0.486. The number of anilines is 1. The van der Waals surface area contributed by atoms with Crippen LogP contribution in [0.1, 0.15) is 33.1 Å². The van der Waals surface area contributed by atoms with Gasteiger partial charge in [0.25, 0.3) is 0 Å². The van der Waals surface area contributed by atoms with Gasteiger partial charge >= 0.3 is 0 Å². The van der Waals surface area contributed by atoms with Crippen LogP contribution in [0.15, 0.2) is 48.5 Å². The van der Waals surface area contributed by atoms with Crippen LogP contribution in [0.5, 0.6) is 5.75 Å². The van der Waals surface area contributed by atoms with Crippen molar-refractivity contribution >= 4 is 41.3 Å². The Balaban J connectivity index is 2.27. The van der Waals surface area contributed by atoms with Gasteiger partial charge in [-0.25, -0.2) is 0 Å². The Morgan fingerprint density at radius 3 is 1.90 bits per heavy atom. The average Bonchev–Trinajstić information content (AvgIpc) is 3.06. The van der Waals surface area contributed by atoms with E-state index >= 15 is 0 Å². The van der Waals surface area contributed by atoms with E-state index < -0.39 is 62.1 Å². The van der Waals surface area contributed by atoms with E-state index in [1.54, 1.807) is 50.4 Å². The highest BCUT2D eigenvalue weighted by Gasteiger charge is 2.24. The molecule has 0 radical (unpaired) electrons. The summed E-state index contributed by atoms with van der Waals surface area (Å²) in [6.07, 6.45) is 1.42. The third-order valence-corrected chi connectivity index (χ3v) is 8.01. The number of amides is 1. The first-order chi connectivity index (χ1) is 24.2. The topological polar surface area (TPSA) is 238 Å². The molecule has 2 rings (SSSR count). The van der Waals surface area contributed by atoms with Gasteiger partial charge < -0.3 is 59.8 Å². The van der Waals surface area contributed by atoms with Gasteiger partial charge in [-0.15, -0.1) is 0 Å². The Morgan fingerprint density at radius 2 is 1.35 bits per heavy atom. The van der Waals surface area contributed by atoms with Gasteiger partial charge in [-0.3, -0.25) is 19.5 Å². The van der Waals surface area contributed by atoms with Gasteiger partial charge in [0, 0.05) is 63.5 Å². The second-order valence-corrected chi connectivity index (χ2v) is 12.0. The fourth-order valence-corrected chi connectivity index (χ4v) is 5.40. The van der Waals surface area contributed by atoms with E-state index in [0.717, 1.165) is 10.5 Å². The number of nitrogens with zero attached hydrogens (tertiary/aromatic N) is 3. The molecule has 2 atom stereocenters. The lowest BCUT2D eigenvalue weighted by Crippen LogP contribution is -2.56. The summed E-state index contributed by atoms with van der Waals surface area (Å²) in [6.45, 7) is 0.572. The molecule has 0 bridgehead atoms. The van der Waals surface area contributed by atoms with Crippen LogP contribution in [0, 0.1) is 0 Å². The van der Waals surface area contributed by atoms with Crippen LogP contribution in [0.25, 0.3) is 11.1 Å². The molecule has 0 fully saturated rings. The van der Waals surface area contributed by atoms with E-state index in [4.69, 9.17) is 4.74 Å². The van der Waals surface area contributed by atoms with Gasteiger partial charge in [-0.1, -0.05) is 37.3 Å². The standard InChI is InChI=1S/C35H49N5O11/c1-4-38(19-31(42)43)16-17-39(20-32(44)45)18-26(40(21-33(46)47)22-34(48)49)23-51-27-14-12-25(13-15-27)28-9-5-6-10-29(28)37-35(50)30(36-3)11-7-8-24(2)41/h5-6,9-10,12-15,26,30,36H,4,7-8,11,16-23H2,1-3H3,(H,37,50)(H,42,43)(H,44,45)(H,46,47)(H,48,49)/p-4. The Labute approximate surface area is 297 Å². The molecule has 2 aromatic rings. The van der Waals surface area contributed by atoms with E-state index in [-0.39, 0.29) is 37.9 Å². The first-order valence-electron chi connectivity index (χ1n) is 16.5. The Hall–Kier alpha value is -4.90. The quantitative estimate of drug-likeness (QED) is 0.0956. The van der Waals surface area contributed by atoms with Gasteiger partial charge in [-0.05, 0) is 57.1 Å². The zero-order chi connectivity index (χ0) is 37.9. The minimum absolute atomic E-state index is 0.0220. The summed E-state index contributed by atoms with van der Waals surface area (Å²) in [5.74, 6) is -5.81. The SMILES string of the molecule is CCN(CCN(CC(=O)[O-])CC(COc1ccc(-c2ccccc2NC(=O)C(CCCC(C)=O)NC)cc1)N(CC(=O)[O-])CC(=O)[O-])CC(=O)[O-]. The summed E-state index contributed by atoms with van der Waals surface area (Å²) < 4.78 is 5.95. The molecule has 0 aliphatic rings. The van der Waals surface area contributed by atoms with Crippen molar-refractivity contribution < 1.29 is 53.9 Å². The number of nitrogens with one attached hydrogen (secondary N) is 2. The second kappa shape index (κ2) is 22.0. The predicted octanol–water partition coefficient (Wildman–Crippen LogP) is -3.69. The molecule has 0 aliphatic carbocycles. The zero-order valence-electron chi connectivity index (χ0n) is 29.1. The molecule has 2 unspecified atom stereocenters. The number of benzene rings is 2. The average molecular weight is 712 g/mol. The molecule has 0 aliphatic heterocycles. The number of aliphatic carboxylic acids is 4. The fourth-order valence-electron chi connectivity index (χ4n) is 5.40. The number of ketones is 1. The molecule has 1 amide bonds. The molecular weight excluding hydrogens is 666 g/mol. The molecule has 0 spiro atoms. The Kier molecular flexibility index (Phi) is 18.3. The number of likely N-dealkylation sites (N-methyl/N-ethyl adjacent to an activating group) is 2. The van der Waals surface area contributed by atoms with Crippen LogP contribution >= 0.6 is 0 Å². The largest absolute Gasteiger partial charge is 0.549 e. The van der Waals surface area contributed by atoms with Crippen molar-refractivity contribution in [1.29, 1.82) is 0 Å². The number of hydrogen-bond donors (Lipinski definition) is 2. The van der Waals surface area contributed by atoms with Crippen molar-refractivity contribution in [3.8, 4) is 16.9 Å². The Morgan fingerprint density at radius 1 is 0.784 bits per heavy atom. The molecule has 2 N–H and O–H groups in total. The van der Waals surface area contributed by atoms with Gasteiger partial charge in [0.05, 0.1) is 36.0 Å². The van der Waals surface area contributed by atoms with Crippen LogP contribution in [0.4, 0.5) is 5.69 Å². The monoisotopic (exact) mass is 711 g/mol. The number of rotatable bonds is 26. The van der Waals surface area contributed by atoms with E-state index in [0.29, 0.717) is 42.8 Å². The van der Waals surface area contributed by atoms with Crippen molar-refractivity contribution in [3.05, 3.63) is 48.5 Å². The van der Waals surface area contributed by atoms with Gasteiger partial charge in [0.15, 0.2) is 0 Å². The number of Topliss-reactive ketones (excluding diaryl/α,β-unsaturated/α-hetero) is 1. The molecule has 0 aromatic heterocycles. The van der Waals surface area contributed by atoms with E-state index in [1.807, 2.05) is 12.1 Å². The van der Waals surface area contributed by atoms with E-state index in [9.17, 15) is 49.2 Å². The van der Waals surface area contributed by atoms with Gasteiger partial charge in [0.2, 0.25) is 5.91 Å². The minimum Gasteiger partial charge on any atom is -0.549 e. The van der Waals surface area contributed by atoms with Crippen molar-refractivity contribution in [2.24, 2.45) is 0 Å². The van der Waals surface area contributed by atoms with E-state index in [1.165, 1.54) is 16.7 Å². The van der Waals surface area contributed by atoms with Crippen molar-refractivity contribution in [2.45, 2.75) is 45.2 Å². The van der Waals surface area contributed by atoms with Crippen molar-refractivity contribution in [3.63, 3.8) is 0 Å². The molecule has 16 nitrogen and oxygen atoms in total. The summed E-state index contributed by atoms with van der Waals surface area (Å²) >= 11 is 0. The zero-order valence-corrected chi connectivity index (χ0v) is 29.1. The molecule has 0 heterocycles. The number of carbonyl (C=O) groups is 6. The normalized spacial score (nSPS) is 12.4. The second-order valence-electron chi connectivity index (χ2n) is 12.0. The maximum Gasteiger partial charge on any atom is 0.241 e. The maximum absolute atomic E-state index is 13.0. The molecule has 51 heavy (non-hydrogen) atoms.